The lowest BCUT2D eigenvalue weighted by Crippen LogP contribution is -2.44. The second kappa shape index (κ2) is 4.41. The fraction of sp³-hybridized carbons (Fsp3) is 0.778. The lowest BCUT2D eigenvalue weighted by atomic mass is 10.1. The lowest BCUT2D eigenvalue weighted by Gasteiger charge is -2.24. The van der Waals surface area contributed by atoms with Crippen LogP contribution in [-0.4, -0.2) is 41.0 Å². The van der Waals surface area contributed by atoms with Crippen molar-refractivity contribution >= 4 is 11.9 Å². The lowest BCUT2D eigenvalue weighted by molar-refractivity contribution is -0.149. The molecule has 0 aromatic carbocycles. The zero-order valence-electron chi connectivity index (χ0n) is 8.27. The molecule has 1 aliphatic heterocycles. The second-order valence-electron chi connectivity index (χ2n) is 3.66. The smallest absolute Gasteiger partial charge is 0.326 e. The first kappa shape index (κ1) is 11.0. The van der Waals surface area contributed by atoms with Crippen molar-refractivity contribution in [3.63, 3.8) is 0 Å². The van der Waals surface area contributed by atoms with Crippen LogP contribution in [0, 0.1) is 5.92 Å². The van der Waals surface area contributed by atoms with Gasteiger partial charge in [-0.05, 0) is 12.8 Å². The molecule has 0 saturated carbocycles. The maximum Gasteiger partial charge on any atom is 0.326 e. The number of rotatable bonds is 3. The summed E-state index contributed by atoms with van der Waals surface area (Å²) in [7, 11) is 0. The van der Waals surface area contributed by atoms with Gasteiger partial charge in [-0.3, -0.25) is 4.79 Å². The molecule has 0 spiro atoms. The minimum atomic E-state index is -0.917. The van der Waals surface area contributed by atoms with Gasteiger partial charge in [0.15, 0.2) is 0 Å². The van der Waals surface area contributed by atoms with E-state index in [2.05, 4.69) is 0 Å². The number of carboxylic acids is 1. The van der Waals surface area contributed by atoms with Crippen LogP contribution < -0.4 is 5.73 Å². The van der Waals surface area contributed by atoms with E-state index in [1.807, 2.05) is 0 Å². The van der Waals surface area contributed by atoms with Gasteiger partial charge in [0, 0.05) is 19.0 Å². The number of nitrogens with zero attached hydrogens (tertiary/aromatic N) is 1. The first-order valence-corrected chi connectivity index (χ1v) is 4.81. The predicted molar refractivity (Wildman–Crippen MR) is 50.6 cm³/mol. The Kier molecular flexibility index (Phi) is 3.46. The van der Waals surface area contributed by atoms with Crippen LogP contribution in [0.1, 0.15) is 19.8 Å². The van der Waals surface area contributed by atoms with E-state index in [1.54, 1.807) is 6.92 Å². The highest BCUT2D eigenvalue weighted by Crippen LogP contribution is 2.19. The summed E-state index contributed by atoms with van der Waals surface area (Å²) >= 11 is 0. The van der Waals surface area contributed by atoms with Gasteiger partial charge >= 0.3 is 5.97 Å². The zero-order valence-corrected chi connectivity index (χ0v) is 8.27. The SMILES string of the molecule is CC(CN)C(=O)N1CCCC1C(=O)O. The zero-order chi connectivity index (χ0) is 10.7. The topological polar surface area (TPSA) is 83.6 Å². The molecule has 0 radical (unpaired) electrons. The molecular formula is C9H16N2O3. The molecule has 1 fully saturated rings. The highest BCUT2D eigenvalue weighted by Gasteiger charge is 2.35. The molecule has 1 aliphatic rings. The first-order chi connectivity index (χ1) is 6.57. The van der Waals surface area contributed by atoms with Crippen LogP contribution in [0.25, 0.3) is 0 Å². The van der Waals surface area contributed by atoms with Gasteiger partial charge in [0.1, 0.15) is 6.04 Å². The Morgan fingerprint density at radius 1 is 1.64 bits per heavy atom. The number of amides is 1. The second-order valence-corrected chi connectivity index (χ2v) is 3.66. The summed E-state index contributed by atoms with van der Waals surface area (Å²) in [6, 6.07) is -0.642. The van der Waals surface area contributed by atoms with Crippen LogP contribution >= 0.6 is 0 Å². The molecule has 1 heterocycles. The van der Waals surface area contributed by atoms with Gasteiger partial charge in [-0.1, -0.05) is 6.92 Å². The van der Waals surface area contributed by atoms with Crippen LogP contribution in [-0.2, 0) is 9.59 Å². The molecule has 2 unspecified atom stereocenters. The summed E-state index contributed by atoms with van der Waals surface area (Å²) in [6.07, 6.45) is 1.32. The van der Waals surface area contributed by atoms with E-state index in [0.717, 1.165) is 6.42 Å². The van der Waals surface area contributed by atoms with Gasteiger partial charge in [-0.15, -0.1) is 0 Å². The van der Waals surface area contributed by atoms with Gasteiger partial charge in [-0.25, -0.2) is 4.79 Å². The minimum absolute atomic E-state index is 0.141. The monoisotopic (exact) mass is 200 g/mol. The molecular weight excluding hydrogens is 184 g/mol. The molecule has 5 heteroatoms. The molecule has 1 rings (SSSR count). The van der Waals surface area contributed by atoms with E-state index >= 15 is 0 Å². The van der Waals surface area contributed by atoms with E-state index in [-0.39, 0.29) is 18.4 Å². The number of nitrogens with two attached hydrogens (primary N) is 1. The molecule has 2 atom stereocenters. The Bertz CT molecular complexity index is 242. The van der Waals surface area contributed by atoms with Crippen LogP contribution in [0.4, 0.5) is 0 Å². The highest BCUT2D eigenvalue weighted by molar-refractivity contribution is 5.85. The fourth-order valence-electron chi connectivity index (χ4n) is 1.67. The molecule has 1 amide bonds. The van der Waals surface area contributed by atoms with Crippen molar-refractivity contribution in [1.29, 1.82) is 0 Å². The van der Waals surface area contributed by atoms with Crippen molar-refractivity contribution in [3.05, 3.63) is 0 Å². The van der Waals surface area contributed by atoms with Crippen molar-refractivity contribution in [1.82, 2.24) is 4.90 Å². The number of likely N-dealkylation sites (tertiary alicyclic amines) is 1. The molecule has 1 saturated heterocycles. The maximum atomic E-state index is 11.7. The summed E-state index contributed by atoms with van der Waals surface area (Å²) < 4.78 is 0. The van der Waals surface area contributed by atoms with Crippen LogP contribution in [0.2, 0.25) is 0 Å². The van der Waals surface area contributed by atoms with E-state index in [4.69, 9.17) is 10.8 Å². The quantitative estimate of drug-likeness (QED) is 0.652. The van der Waals surface area contributed by atoms with Gasteiger partial charge in [0.25, 0.3) is 0 Å². The van der Waals surface area contributed by atoms with Crippen LogP contribution in [0.5, 0.6) is 0 Å². The molecule has 0 aliphatic carbocycles. The number of carbonyl (C=O) groups is 2. The van der Waals surface area contributed by atoms with E-state index in [1.165, 1.54) is 4.90 Å². The third kappa shape index (κ3) is 2.04. The van der Waals surface area contributed by atoms with Crippen molar-refractivity contribution in [3.8, 4) is 0 Å². The van der Waals surface area contributed by atoms with Gasteiger partial charge in [-0.2, -0.15) is 0 Å². The molecule has 14 heavy (non-hydrogen) atoms. The molecule has 0 bridgehead atoms. The standard InChI is InChI=1S/C9H16N2O3/c1-6(5-10)8(12)11-4-2-3-7(11)9(13)14/h6-7H,2-5,10H2,1H3,(H,13,14). The number of aliphatic carboxylic acids is 1. The molecule has 5 nitrogen and oxygen atoms in total. The number of hydrogen-bond acceptors (Lipinski definition) is 3. The van der Waals surface area contributed by atoms with Crippen molar-refractivity contribution < 1.29 is 14.7 Å². The minimum Gasteiger partial charge on any atom is -0.480 e. The molecule has 0 aromatic heterocycles. The third-order valence-corrected chi connectivity index (χ3v) is 2.60. The Balaban J connectivity index is 2.67. The van der Waals surface area contributed by atoms with Crippen molar-refractivity contribution in [2.75, 3.05) is 13.1 Å². The Labute approximate surface area is 82.9 Å². The summed E-state index contributed by atoms with van der Waals surface area (Å²) in [5.74, 6) is -1.34. The Hall–Kier alpha value is -1.10. The molecule has 0 aromatic rings. The average molecular weight is 200 g/mol. The Morgan fingerprint density at radius 2 is 2.29 bits per heavy atom. The highest BCUT2D eigenvalue weighted by atomic mass is 16.4. The maximum absolute atomic E-state index is 11.7. The van der Waals surface area contributed by atoms with Gasteiger partial charge in [0.05, 0.1) is 0 Å². The molecule has 80 valence electrons. The third-order valence-electron chi connectivity index (χ3n) is 2.60. The van der Waals surface area contributed by atoms with Crippen LogP contribution in [0.3, 0.4) is 0 Å². The normalized spacial score (nSPS) is 23.6. The summed E-state index contributed by atoms with van der Waals surface area (Å²) in [5, 5.41) is 8.86. The van der Waals surface area contributed by atoms with Crippen molar-refractivity contribution in [2.24, 2.45) is 11.7 Å². The van der Waals surface area contributed by atoms with E-state index in [9.17, 15) is 9.59 Å². The molecule has 3 N–H and O–H groups in total. The Morgan fingerprint density at radius 3 is 2.79 bits per heavy atom. The largest absolute Gasteiger partial charge is 0.480 e. The van der Waals surface area contributed by atoms with Crippen molar-refractivity contribution in [2.45, 2.75) is 25.8 Å². The summed E-state index contributed by atoms with van der Waals surface area (Å²) in [6.45, 7) is 2.53. The average Bonchev–Trinajstić information content (AvgIpc) is 2.63. The van der Waals surface area contributed by atoms with E-state index in [0.29, 0.717) is 13.0 Å². The predicted octanol–water partition coefficient (Wildman–Crippen LogP) is -0.343. The first-order valence-electron chi connectivity index (χ1n) is 4.81. The summed E-state index contributed by atoms with van der Waals surface area (Å²) in [5.41, 5.74) is 5.37. The number of carboxylic acid groups (broad SMARTS) is 1. The number of carbonyl (C=O) groups excluding carboxylic acids is 1. The van der Waals surface area contributed by atoms with Gasteiger partial charge in [0.2, 0.25) is 5.91 Å². The van der Waals surface area contributed by atoms with E-state index < -0.39 is 12.0 Å². The fourth-order valence-corrected chi connectivity index (χ4v) is 1.67. The van der Waals surface area contributed by atoms with Crippen LogP contribution in [0.15, 0.2) is 0 Å². The summed E-state index contributed by atoms with van der Waals surface area (Å²) in [4.78, 5) is 23.9. The number of hydrogen-bond donors (Lipinski definition) is 2. The van der Waals surface area contributed by atoms with Gasteiger partial charge < -0.3 is 15.7 Å².